The highest BCUT2D eigenvalue weighted by Crippen LogP contribution is 2.28. The first kappa shape index (κ1) is 14.3. The van der Waals surface area contributed by atoms with Gasteiger partial charge in [0.05, 0.1) is 10.8 Å². The van der Waals surface area contributed by atoms with Crippen LogP contribution in [0.4, 0.5) is 0 Å². The van der Waals surface area contributed by atoms with Crippen LogP contribution in [-0.4, -0.2) is 5.97 Å². The molecule has 0 atom stereocenters. The van der Waals surface area contributed by atoms with Gasteiger partial charge in [-0.3, -0.25) is 4.79 Å². The van der Waals surface area contributed by atoms with E-state index in [-0.39, 0.29) is 11.6 Å². The van der Waals surface area contributed by atoms with E-state index < -0.39 is 5.41 Å². The molecule has 0 amide bonds. The van der Waals surface area contributed by atoms with Crippen LogP contribution >= 0.6 is 0 Å². The van der Waals surface area contributed by atoms with Gasteiger partial charge < -0.3 is 9.15 Å². The van der Waals surface area contributed by atoms with Gasteiger partial charge in [-0.1, -0.05) is 18.2 Å². The number of hydrogen-bond donors (Lipinski definition) is 0. The van der Waals surface area contributed by atoms with Gasteiger partial charge in [-0.25, -0.2) is 4.79 Å². The smallest absolute Gasteiger partial charge is 0.344 e. The summed E-state index contributed by atoms with van der Waals surface area (Å²) in [4.78, 5) is 23.9. The third kappa shape index (κ3) is 2.48. The summed E-state index contributed by atoms with van der Waals surface area (Å²) in [6.07, 6.45) is 0. The molecule has 0 saturated carbocycles. The van der Waals surface area contributed by atoms with Crippen molar-refractivity contribution in [1.82, 2.24) is 0 Å². The van der Waals surface area contributed by atoms with Gasteiger partial charge >= 0.3 is 11.6 Å². The van der Waals surface area contributed by atoms with Gasteiger partial charge in [0, 0.05) is 10.8 Å². The number of carbonyl (C=O) groups excluding carboxylic acids is 1. The van der Waals surface area contributed by atoms with E-state index in [4.69, 9.17) is 9.15 Å². The fourth-order valence-corrected chi connectivity index (χ4v) is 2.18. The summed E-state index contributed by atoms with van der Waals surface area (Å²) in [5, 5.41) is 2.03. The number of fused-ring (bicyclic) bond motifs is 3. The fraction of sp³-hybridized carbons (Fsp3) is 0.222. The maximum atomic E-state index is 12.0. The van der Waals surface area contributed by atoms with Crippen LogP contribution in [0.15, 0.2) is 51.7 Å². The molecule has 3 aromatic rings. The standard InChI is InChI=1S/C18H16O4/c1-18(2,3)17(20)21-11-8-9-15-14(10-11)12-6-4-5-7-13(12)16(19)22-15/h4-10H,1-3H3. The van der Waals surface area contributed by atoms with Crippen molar-refractivity contribution in [1.29, 1.82) is 0 Å². The Kier molecular flexibility index (Phi) is 3.24. The SMILES string of the molecule is CC(C)(C)C(=O)Oc1ccc2oc(=O)c3ccccc3c2c1. The third-order valence-corrected chi connectivity index (χ3v) is 3.41. The Morgan fingerprint density at radius 2 is 1.68 bits per heavy atom. The van der Waals surface area contributed by atoms with E-state index in [1.807, 2.05) is 12.1 Å². The van der Waals surface area contributed by atoms with Gasteiger partial charge in [0.2, 0.25) is 0 Å². The highest BCUT2D eigenvalue weighted by molar-refractivity contribution is 6.04. The van der Waals surface area contributed by atoms with Crippen LogP contribution in [0.1, 0.15) is 20.8 Å². The zero-order valence-corrected chi connectivity index (χ0v) is 12.7. The molecule has 0 aliphatic carbocycles. The molecule has 4 heteroatoms. The van der Waals surface area contributed by atoms with E-state index in [1.165, 1.54) is 0 Å². The van der Waals surface area contributed by atoms with Crippen LogP contribution < -0.4 is 10.4 Å². The van der Waals surface area contributed by atoms with Crippen LogP contribution in [0.2, 0.25) is 0 Å². The van der Waals surface area contributed by atoms with E-state index >= 15 is 0 Å². The van der Waals surface area contributed by atoms with Crippen molar-refractivity contribution in [2.75, 3.05) is 0 Å². The minimum atomic E-state index is -0.583. The number of carbonyl (C=O) groups is 1. The van der Waals surface area contributed by atoms with E-state index in [9.17, 15) is 9.59 Å². The highest BCUT2D eigenvalue weighted by atomic mass is 16.5. The van der Waals surface area contributed by atoms with E-state index in [0.717, 1.165) is 10.8 Å². The van der Waals surface area contributed by atoms with Crippen molar-refractivity contribution in [2.45, 2.75) is 20.8 Å². The molecule has 0 radical (unpaired) electrons. The van der Waals surface area contributed by atoms with Crippen molar-refractivity contribution < 1.29 is 13.9 Å². The second-order valence-corrected chi connectivity index (χ2v) is 6.23. The van der Waals surface area contributed by atoms with Gasteiger partial charge in [0.1, 0.15) is 11.3 Å². The molecule has 1 heterocycles. The Hall–Kier alpha value is -2.62. The molecule has 0 saturated heterocycles. The molecule has 0 fully saturated rings. The van der Waals surface area contributed by atoms with Crippen molar-refractivity contribution in [3.05, 3.63) is 52.9 Å². The molecule has 4 nitrogen and oxygen atoms in total. The first-order chi connectivity index (χ1) is 10.4. The molecule has 0 aliphatic heterocycles. The number of rotatable bonds is 1. The molecule has 1 aromatic heterocycles. The van der Waals surface area contributed by atoms with Gasteiger partial charge in [-0.15, -0.1) is 0 Å². The zero-order chi connectivity index (χ0) is 15.9. The molecule has 0 spiro atoms. The number of hydrogen-bond acceptors (Lipinski definition) is 4. The molecule has 2 aromatic carbocycles. The summed E-state index contributed by atoms with van der Waals surface area (Å²) >= 11 is 0. The first-order valence-electron chi connectivity index (χ1n) is 7.04. The Labute approximate surface area is 127 Å². The Bertz CT molecular complexity index is 929. The number of ether oxygens (including phenoxy) is 1. The second kappa shape index (κ2) is 4.98. The molecule has 0 bridgehead atoms. The summed E-state index contributed by atoms with van der Waals surface area (Å²) in [6, 6.07) is 12.2. The average molecular weight is 296 g/mol. The van der Waals surface area contributed by atoms with Crippen LogP contribution in [0.25, 0.3) is 21.7 Å². The molecular formula is C18H16O4. The molecule has 22 heavy (non-hydrogen) atoms. The minimum Gasteiger partial charge on any atom is -0.426 e. The number of benzene rings is 2. The Morgan fingerprint density at radius 1 is 1.00 bits per heavy atom. The normalized spacial score (nSPS) is 11.8. The molecule has 3 rings (SSSR count). The summed E-state index contributed by atoms with van der Waals surface area (Å²) in [7, 11) is 0. The monoisotopic (exact) mass is 296 g/mol. The van der Waals surface area contributed by atoms with Crippen LogP contribution in [0.3, 0.4) is 0 Å². The van der Waals surface area contributed by atoms with Gasteiger partial charge in [-0.2, -0.15) is 0 Å². The lowest BCUT2D eigenvalue weighted by atomic mass is 9.97. The summed E-state index contributed by atoms with van der Waals surface area (Å²) in [5.74, 6) is 0.125. The van der Waals surface area contributed by atoms with Gasteiger partial charge in [0.25, 0.3) is 0 Å². The van der Waals surface area contributed by atoms with E-state index in [1.54, 1.807) is 51.1 Å². The van der Waals surface area contributed by atoms with Gasteiger partial charge in [0.15, 0.2) is 0 Å². The molecule has 112 valence electrons. The van der Waals surface area contributed by atoms with Crippen molar-refractivity contribution in [3.8, 4) is 5.75 Å². The topological polar surface area (TPSA) is 56.5 Å². The molecular weight excluding hydrogens is 280 g/mol. The predicted octanol–water partition coefficient (Wildman–Crippen LogP) is 3.90. The third-order valence-electron chi connectivity index (χ3n) is 3.41. The lowest BCUT2D eigenvalue weighted by Crippen LogP contribution is -2.25. The lowest BCUT2D eigenvalue weighted by molar-refractivity contribution is -0.142. The van der Waals surface area contributed by atoms with Gasteiger partial charge in [-0.05, 0) is 45.0 Å². The molecule has 0 unspecified atom stereocenters. The quantitative estimate of drug-likeness (QED) is 0.296. The second-order valence-electron chi connectivity index (χ2n) is 6.23. The maximum absolute atomic E-state index is 12.0. The van der Waals surface area contributed by atoms with Crippen molar-refractivity contribution in [2.24, 2.45) is 5.41 Å². The Balaban J connectivity index is 2.17. The minimum absolute atomic E-state index is 0.312. The van der Waals surface area contributed by atoms with E-state index in [0.29, 0.717) is 16.7 Å². The highest BCUT2D eigenvalue weighted by Gasteiger charge is 2.23. The Morgan fingerprint density at radius 3 is 2.36 bits per heavy atom. The van der Waals surface area contributed by atoms with Crippen LogP contribution in [0.5, 0.6) is 5.75 Å². The lowest BCUT2D eigenvalue weighted by Gasteiger charge is -2.16. The summed E-state index contributed by atoms with van der Waals surface area (Å²) in [5.41, 5.74) is -0.484. The maximum Gasteiger partial charge on any atom is 0.344 e. The molecule has 0 N–H and O–H groups in total. The van der Waals surface area contributed by atoms with E-state index in [2.05, 4.69) is 0 Å². The zero-order valence-electron chi connectivity index (χ0n) is 12.7. The summed E-state index contributed by atoms with van der Waals surface area (Å²) in [6.45, 7) is 5.39. The fourth-order valence-electron chi connectivity index (χ4n) is 2.18. The summed E-state index contributed by atoms with van der Waals surface area (Å²) < 4.78 is 10.7. The largest absolute Gasteiger partial charge is 0.426 e. The first-order valence-corrected chi connectivity index (χ1v) is 7.04. The van der Waals surface area contributed by atoms with Crippen molar-refractivity contribution in [3.63, 3.8) is 0 Å². The van der Waals surface area contributed by atoms with Crippen molar-refractivity contribution >= 4 is 27.7 Å². The molecule has 0 aliphatic rings. The average Bonchev–Trinajstić information content (AvgIpc) is 2.47. The predicted molar refractivity (Wildman–Crippen MR) is 85.1 cm³/mol. The number of esters is 1. The van der Waals surface area contributed by atoms with Crippen LogP contribution in [-0.2, 0) is 4.79 Å². The van der Waals surface area contributed by atoms with Crippen LogP contribution in [0, 0.1) is 5.41 Å².